The van der Waals surface area contributed by atoms with Gasteiger partial charge in [-0.25, -0.2) is 0 Å². The summed E-state index contributed by atoms with van der Waals surface area (Å²) in [6.07, 6.45) is 4.04. The molecule has 0 bridgehead atoms. The molecule has 5 heteroatoms. The van der Waals surface area contributed by atoms with Crippen LogP contribution in [-0.2, 0) is 6.54 Å². The topological polar surface area (TPSA) is 43.0 Å². The summed E-state index contributed by atoms with van der Waals surface area (Å²) in [7, 11) is 1.67. The molecule has 0 spiro atoms. The molecule has 21 heavy (non-hydrogen) atoms. The Kier molecular flexibility index (Phi) is 3.39. The number of rotatable bonds is 5. The van der Waals surface area contributed by atoms with E-state index in [1.54, 1.807) is 7.11 Å². The van der Waals surface area contributed by atoms with E-state index in [1.807, 2.05) is 12.1 Å². The van der Waals surface area contributed by atoms with E-state index >= 15 is 0 Å². The number of benzene rings is 1. The van der Waals surface area contributed by atoms with Crippen LogP contribution in [0.15, 0.2) is 12.1 Å². The van der Waals surface area contributed by atoms with Crippen molar-refractivity contribution in [1.82, 2.24) is 10.2 Å². The van der Waals surface area contributed by atoms with Crippen LogP contribution in [-0.4, -0.2) is 44.0 Å². The lowest BCUT2D eigenvalue weighted by molar-refractivity contribution is 0.171. The predicted octanol–water partition coefficient (Wildman–Crippen LogP) is 1.75. The molecule has 4 rings (SSSR count). The third-order valence-electron chi connectivity index (χ3n) is 4.60. The molecule has 1 N–H and O–H groups in total. The molecule has 2 aliphatic heterocycles. The lowest BCUT2D eigenvalue weighted by Crippen LogP contribution is -2.32. The summed E-state index contributed by atoms with van der Waals surface area (Å²) in [5, 5.41) is 3.66. The van der Waals surface area contributed by atoms with Gasteiger partial charge in [0.15, 0.2) is 11.5 Å². The van der Waals surface area contributed by atoms with Crippen LogP contribution >= 0.6 is 0 Å². The molecular weight excluding hydrogens is 268 g/mol. The molecule has 3 aliphatic rings. The summed E-state index contributed by atoms with van der Waals surface area (Å²) in [6.45, 7) is 3.55. The van der Waals surface area contributed by atoms with Crippen LogP contribution in [0.4, 0.5) is 0 Å². The van der Waals surface area contributed by atoms with Gasteiger partial charge in [-0.1, -0.05) is 0 Å². The molecule has 1 atom stereocenters. The van der Waals surface area contributed by atoms with Crippen LogP contribution in [0.3, 0.4) is 0 Å². The quantitative estimate of drug-likeness (QED) is 0.895. The van der Waals surface area contributed by atoms with Crippen LogP contribution < -0.4 is 19.5 Å². The summed E-state index contributed by atoms with van der Waals surface area (Å²) < 4.78 is 16.3. The average Bonchev–Trinajstić information content (AvgIpc) is 3.07. The van der Waals surface area contributed by atoms with Crippen molar-refractivity contribution in [2.45, 2.75) is 37.9 Å². The zero-order valence-electron chi connectivity index (χ0n) is 12.4. The summed E-state index contributed by atoms with van der Waals surface area (Å²) in [5.74, 6) is 2.27. The maximum absolute atomic E-state index is 5.47. The van der Waals surface area contributed by atoms with Crippen molar-refractivity contribution in [2.75, 3.05) is 27.0 Å². The normalized spacial score (nSPS) is 24.5. The van der Waals surface area contributed by atoms with E-state index in [4.69, 9.17) is 14.2 Å². The van der Waals surface area contributed by atoms with E-state index in [-0.39, 0.29) is 6.79 Å². The Morgan fingerprint density at radius 3 is 3.00 bits per heavy atom. The van der Waals surface area contributed by atoms with E-state index < -0.39 is 0 Å². The number of fused-ring (bicyclic) bond motifs is 1. The molecule has 1 unspecified atom stereocenters. The SMILES string of the molecule is COc1cc(CNC2CCN(C3CC3)C2)cc2c1OCO2. The third kappa shape index (κ3) is 2.68. The summed E-state index contributed by atoms with van der Waals surface area (Å²) in [4.78, 5) is 2.62. The molecule has 5 nitrogen and oxygen atoms in total. The van der Waals surface area contributed by atoms with Crippen molar-refractivity contribution in [1.29, 1.82) is 0 Å². The van der Waals surface area contributed by atoms with Gasteiger partial charge in [-0.3, -0.25) is 4.90 Å². The lowest BCUT2D eigenvalue weighted by atomic mass is 10.1. The second kappa shape index (κ2) is 5.39. The number of methoxy groups -OCH3 is 1. The first kappa shape index (κ1) is 13.2. The maximum Gasteiger partial charge on any atom is 0.231 e. The summed E-state index contributed by atoms with van der Waals surface area (Å²) >= 11 is 0. The van der Waals surface area contributed by atoms with Crippen LogP contribution in [0.1, 0.15) is 24.8 Å². The van der Waals surface area contributed by atoms with E-state index in [0.717, 1.165) is 29.8 Å². The molecule has 114 valence electrons. The van der Waals surface area contributed by atoms with E-state index in [2.05, 4.69) is 10.2 Å². The highest BCUT2D eigenvalue weighted by Gasteiger charge is 2.34. The minimum atomic E-state index is 0.279. The van der Waals surface area contributed by atoms with Gasteiger partial charge >= 0.3 is 0 Å². The van der Waals surface area contributed by atoms with Gasteiger partial charge in [-0.15, -0.1) is 0 Å². The molecule has 1 saturated heterocycles. The average molecular weight is 290 g/mol. The predicted molar refractivity (Wildman–Crippen MR) is 79.0 cm³/mol. The van der Waals surface area contributed by atoms with Crippen LogP contribution in [0.2, 0.25) is 0 Å². The number of hydrogen-bond donors (Lipinski definition) is 1. The molecule has 0 amide bonds. The van der Waals surface area contributed by atoms with Gasteiger partial charge < -0.3 is 19.5 Å². The van der Waals surface area contributed by atoms with E-state index in [1.165, 1.54) is 37.9 Å². The first-order valence-electron chi connectivity index (χ1n) is 7.77. The van der Waals surface area contributed by atoms with Crippen molar-refractivity contribution in [3.63, 3.8) is 0 Å². The molecule has 1 aromatic rings. The summed E-state index contributed by atoms with van der Waals surface area (Å²) in [5.41, 5.74) is 1.18. The van der Waals surface area contributed by atoms with Crippen molar-refractivity contribution in [2.24, 2.45) is 0 Å². The van der Waals surface area contributed by atoms with Gasteiger partial charge in [0.2, 0.25) is 12.5 Å². The standard InChI is InChI=1S/C16H22N2O3/c1-19-14-6-11(7-15-16(14)21-10-20-15)8-17-12-4-5-18(9-12)13-2-3-13/h6-7,12-13,17H,2-5,8-10H2,1H3. The molecule has 2 heterocycles. The summed E-state index contributed by atoms with van der Waals surface area (Å²) in [6, 6.07) is 5.56. The minimum Gasteiger partial charge on any atom is -0.493 e. The van der Waals surface area contributed by atoms with Crippen LogP contribution in [0, 0.1) is 0 Å². The maximum atomic E-state index is 5.47. The van der Waals surface area contributed by atoms with Gasteiger partial charge in [0.05, 0.1) is 7.11 Å². The number of hydrogen-bond acceptors (Lipinski definition) is 5. The molecular formula is C16H22N2O3. The Morgan fingerprint density at radius 2 is 2.19 bits per heavy atom. The highest BCUT2D eigenvalue weighted by Crippen LogP contribution is 2.41. The van der Waals surface area contributed by atoms with Crippen molar-refractivity contribution < 1.29 is 14.2 Å². The fraction of sp³-hybridized carbons (Fsp3) is 0.625. The van der Waals surface area contributed by atoms with Crippen molar-refractivity contribution in [3.05, 3.63) is 17.7 Å². The molecule has 1 aliphatic carbocycles. The lowest BCUT2D eigenvalue weighted by Gasteiger charge is -2.16. The van der Waals surface area contributed by atoms with Gasteiger partial charge in [0.25, 0.3) is 0 Å². The zero-order valence-corrected chi connectivity index (χ0v) is 12.4. The fourth-order valence-corrected chi connectivity index (χ4v) is 3.27. The Hall–Kier alpha value is -1.46. The molecule has 1 aromatic carbocycles. The second-order valence-corrected chi connectivity index (χ2v) is 6.12. The third-order valence-corrected chi connectivity index (χ3v) is 4.60. The van der Waals surface area contributed by atoms with Crippen molar-refractivity contribution in [3.8, 4) is 17.2 Å². The number of nitrogens with zero attached hydrogens (tertiary/aromatic N) is 1. The Balaban J connectivity index is 1.38. The first-order chi connectivity index (χ1) is 10.3. The Labute approximate surface area is 125 Å². The molecule has 0 radical (unpaired) electrons. The largest absolute Gasteiger partial charge is 0.493 e. The van der Waals surface area contributed by atoms with E-state index in [9.17, 15) is 0 Å². The zero-order chi connectivity index (χ0) is 14.2. The van der Waals surface area contributed by atoms with Gasteiger partial charge in [0, 0.05) is 31.7 Å². The van der Waals surface area contributed by atoms with Crippen molar-refractivity contribution >= 4 is 0 Å². The van der Waals surface area contributed by atoms with Gasteiger partial charge in [-0.2, -0.15) is 0 Å². The monoisotopic (exact) mass is 290 g/mol. The molecule has 2 fully saturated rings. The highest BCUT2D eigenvalue weighted by atomic mass is 16.7. The molecule has 1 saturated carbocycles. The second-order valence-electron chi connectivity index (χ2n) is 6.12. The Bertz CT molecular complexity index is 530. The molecule has 0 aromatic heterocycles. The smallest absolute Gasteiger partial charge is 0.231 e. The number of nitrogens with one attached hydrogen (secondary N) is 1. The highest BCUT2D eigenvalue weighted by molar-refractivity contribution is 5.55. The number of ether oxygens (including phenoxy) is 3. The first-order valence-corrected chi connectivity index (χ1v) is 7.77. The van der Waals surface area contributed by atoms with Gasteiger partial charge in [0.1, 0.15) is 0 Å². The fourth-order valence-electron chi connectivity index (χ4n) is 3.27. The Morgan fingerprint density at radius 1 is 1.29 bits per heavy atom. The van der Waals surface area contributed by atoms with Crippen LogP contribution in [0.25, 0.3) is 0 Å². The number of likely N-dealkylation sites (tertiary alicyclic amines) is 1. The van der Waals surface area contributed by atoms with Crippen LogP contribution in [0.5, 0.6) is 17.2 Å². The minimum absolute atomic E-state index is 0.279. The van der Waals surface area contributed by atoms with Gasteiger partial charge in [-0.05, 0) is 37.0 Å². The van der Waals surface area contributed by atoms with E-state index in [0.29, 0.717) is 6.04 Å².